The number of ether oxygens (including phenoxy) is 4. The molecular weight excluding hydrogens is 1230 g/mol. The van der Waals surface area contributed by atoms with Gasteiger partial charge in [-0.1, -0.05) is 288 Å². The Morgan fingerprint density at radius 2 is 0.553 bits per heavy atom. The van der Waals surface area contributed by atoms with Crippen molar-refractivity contribution in [2.45, 2.75) is 367 Å². The van der Waals surface area contributed by atoms with E-state index >= 15 is 0 Å². The van der Waals surface area contributed by atoms with Crippen LogP contribution in [-0.2, 0) is 65.4 Å². The number of aliphatic hydroxyl groups excluding tert-OH is 1. The third kappa shape index (κ3) is 67.6. The van der Waals surface area contributed by atoms with E-state index in [-0.39, 0.29) is 25.7 Å². The normalized spacial score (nSPS) is 14.2. The van der Waals surface area contributed by atoms with Crippen LogP contribution >= 0.6 is 15.6 Å². The van der Waals surface area contributed by atoms with E-state index in [2.05, 4.69) is 76.3 Å². The van der Waals surface area contributed by atoms with E-state index in [1.165, 1.54) is 135 Å². The Morgan fingerprint density at radius 1 is 0.309 bits per heavy atom. The van der Waals surface area contributed by atoms with Crippen molar-refractivity contribution in [3.05, 3.63) is 48.6 Å². The maximum absolute atomic E-state index is 13.0. The third-order valence-corrected chi connectivity index (χ3v) is 18.2. The zero-order valence-electron chi connectivity index (χ0n) is 59.9. The summed E-state index contributed by atoms with van der Waals surface area (Å²) in [7, 11) is -9.93. The third-order valence-electron chi connectivity index (χ3n) is 16.3. The van der Waals surface area contributed by atoms with Crippen LogP contribution in [0.5, 0.6) is 0 Å². The fourth-order valence-corrected chi connectivity index (χ4v) is 12.1. The van der Waals surface area contributed by atoms with E-state index in [4.69, 9.17) is 37.0 Å². The highest BCUT2D eigenvalue weighted by atomic mass is 31.2. The molecule has 0 aromatic carbocycles. The number of carbonyl (C=O) groups is 4. The van der Waals surface area contributed by atoms with Crippen LogP contribution in [-0.4, -0.2) is 96.7 Å². The second kappa shape index (κ2) is 68.5. The van der Waals surface area contributed by atoms with Gasteiger partial charge in [0.05, 0.1) is 26.4 Å². The van der Waals surface area contributed by atoms with E-state index in [9.17, 15) is 43.2 Å². The van der Waals surface area contributed by atoms with Crippen molar-refractivity contribution in [3.8, 4) is 0 Å². The van der Waals surface area contributed by atoms with Gasteiger partial charge in [-0.15, -0.1) is 0 Å². The van der Waals surface area contributed by atoms with Gasteiger partial charge in [0.1, 0.15) is 19.3 Å². The number of esters is 4. The van der Waals surface area contributed by atoms with E-state index in [1.807, 2.05) is 0 Å². The molecule has 0 aliphatic carbocycles. The average Bonchev–Trinajstić information content (AvgIpc) is 1.55. The smallest absolute Gasteiger partial charge is 0.462 e. The molecule has 0 fully saturated rings. The number of phosphoric acid groups is 2. The Labute approximate surface area is 572 Å². The fourth-order valence-electron chi connectivity index (χ4n) is 10.5. The molecule has 0 aliphatic rings. The van der Waals surface area contributed by atoms with Crippen LogP contribution < -0.4 is 0 Å². The van der Waals surface area contributed by atoms with Crippen molar-refractivity contribution in [1.29, 1.82) is 0 Å². The van der Waals surface area contributed by atoms with Crippen molar-refractivity contribution in [2.24, 2.45) is 0 Å². The first-order valence-electron chi connectivity index (χ1n) is 37.9. The van der Waals surface area contributed by atoms with Crippen LogP contribution in [0.2, 0.25) is 0 Å². The highest BCUT2D eigenvalue weighted by molar-refractivity contribution is 7.47. The van der Waals surface area contributed by atoms with Gasteiger partial charge in [0.25, 0.3) is 0 Å². The van der Waals surface area contributed by atoms with Crippen LogP contribution in [0, 0.1) is 0 Å². The molecule has 5 atom stereocenters. The van der Waals surface area contributed by atoms with Crippen molar-refractivity contribution in [2.75, 3.05) is 39.6 Å². The summed E-state index contributed by atoms with van der Waals surface area (Å²) in [5, 5.41) is 10.6. The zero-order chi connectivity index (χ0) is 69.0. The van der Waals surface area contributed by atoms with Crippen molar-refractivity contribution < 1.29 is 80.2 Å². The average molecular weight is 1370 g/mol. The monoisotopic (exact) mass is 1370 g/mol. The predicted octanol–water partition coefficient (Wildman–Crippen LogP) is 21.3. The Morgan fingerprint density at radius 3 is 0.872 bits per heavy atom. The highest BCUT2D eigenvalue weighted by Gasteiger charge is 2.30. The summed E-state index contributed by atoms with van der Waals surface area (Å²) in [6.45, 7) is 4.77. The maximum Gasteiger partial charge on any atom is 0.472 e. The summed E-state index contributed by atoms with van der Waals surface area (Å²) < 4.78 is 68.4. The molecular formula is C75H138O17P2. The van der Waals surface area contributed by atoms with E-state index in [1.54, 1.807) is 0 Å². The number of unbranched alkanes of at least 4 members (excludes halogenated alkanes) is 38. The molecule has 0 aromatic heterocycles. The lowest BCUT2D eigenvalue weighted by Gasteiger charge is -2.21. The molecule has 0 bridgehead atoms. The largest absolute Gasteiger partial charge is 0.472 e. The molecule has 3 N–H and O–H groups in total. The Kier molecular flexibility index (Phi) is 66.4. The number of aliphatic hydroxyl groups is 1. The van der Waals surface area contributed by atoms with Crippen LogP contribution in [0.4, 0.5) is 0 Å². The lowest BCUT2D eigenvalue weighted by molar-refractivity contribution is -0.161. The molecule has 0 aromatic rings. The molecule has 0 saturated heterocycles. The van der Waals surface area contributed by atoms with Gasteiger partial charge in [-0.25, -0.2) is 9.13 Å². The molecule has 17 nitrogen and oxygen atoms in total. The maximum atomic E-state index is 13.0. The Hall–Kier alpha value is -2.98. The molecule has 5 unspecified atom stereocenters. The minimum absolute atomic E-state index is 0.0855. The van der Waals surface area contributed by atoms with E-state index in [0.29, 0.717) is 25.7 Å². The van der Waals surface area contributed by atoms with Gasteiger partial charge in [-0.05, 0) is 83.5 Å². The van der Waals surface area contributed by atoms with Crippen LogP contribution in [0.15, 0.2) is 48.6 Å². The van der Waals surface area contributed by atoms with Crippen molar-refractivity contribution in [3.63, 3.8) is 0 Å². The van der Waals surface area contributed by atoms with Gasteiger partial charge in [0.2, 0.25) is 0 Å². The first-order valence-corrected chi connectivity index (χ1v) is 40.9. The molecule has 0 saturated carbocycles. The lowest BCUT2D eigenvalue weighted by atomic mass is 10.0. The number of carbonyl (C=O) groups excluding carboxylic acids is 4. The van der Waals surface area contributed by atoms with Crippen molar-refractivity contribution >= 4 is 39.5 Å². The number of hydrogen-bond donors (Lipinski definition) is 3. The van der Waals surface area contributed by atoms with E-state index in [0.717, 1.165) is 135 Å². The molecule has 550 valence electrons. The van der Waals surface area contributed by atoms with E-state index < -0.39 is 97.5 Å². The number of rotatable bonds is 72. The summed E-state index contributed by atoms with van der Waals surface area (Å²) in [4.78, 5) is 72.7. The standard InChI is InChI=1S/C75H138O17P2/c1-5-9-13-17-21-25-29-32-34-37-40-43-47-51-55-59-72(77)85-65-70(91-74(79)61-57-53-49-45-39-28-24-20-16-12-8-4)67-89-93(81,82)87-63-69(76)64-88-94(83,84)90-68-71(92-75(80)62-58-54-50-46-42-36-31-27-23-19-15-11-7-3)66-86-73(78)60-56-52-48-44-41-38-35-33-30-26-22-18-14-10-6-2/h10,14,22,26-27,31,33,35,69-71,76H,5-9,11-13,15-21,23-25,28-30,32,34,36-68H2,1-4H3,(H,81,82)(H,83,84)/b14-10-,26-22-,31-27-,35-33-. The van der Waals surface area contributed by atoms with Crippen molar-refractivity contribution in [1.82, 2.24) is 0 Å². The molecule has 0 radical (unpaired) electrons. The topological polar surface area (TPSA) is 237 Å². The molecule has 0 spiro atoms. The summed E-state index contributed by atoms with van der Waals surface area (Å²) in [5.74, 6) is -2.17. The minimum atomic E-state index is -4.97. The Balaban J connectivity index is 5.29. The van der Waals surface area contributed by atoms with Gasteiger partial charge in [0, 0.05) is 25.7 Å². The second-order valence-electron chi connectivity index (χ2n) is 25.6. The highest BCUT2D eigenvalue weighted by Crippen LogP contribution is 2.45. The quantitative estimate of drug-likeness (QED) is 0.0169. The molecule has 0 amide bonds. The summed E-state index contributed by atoms with van der Waals surface area (Å²) in [5.41, 5.74) is 0. The number of allylic oxidation sites excluding steroid dienone is 8. The SMILES string of the molecule is CC/C=C\C/C=C\C/C=C\CCCCCCCC(=O)OCC(COP(=O)(O)OCC(O)COP(=O)(O)OCC(COC(=O)CCCCCCCCCCCCCCCCC)OC(=O)CCCCCCCCCCCCC)OC(=O)CCCCCCC/C=C\CCCCCC. The first kappa shape index (κ1) is 91.0. The summed E-state index contributed by atoms with van der Waals surface area (Å²) in [6, 6.07) is 0. The summed E-state index contributed by atoms with van der Waals surface area (Å²) in [6.07, 6.45) is 63.9. The number of phosphoric ester groups is 2. The van der Waals surface area contributed by atoms with Gasteiger partial charge in [-0.2, -0.15) is 0 Å². The van der Waals surface area contributed by atoms with Crippen LogP contribution in [0.3, 0.4) is 0 Å². The minimum Gasteiger partial charge on any atom is -0.462 e. The lowest BCUT2D eigenvalue weighted by Crippen LogP contribution is -2.30. The molecule has 19 heteroatoms. The molecule has 0 aliphatic heterocycles. The van der Waals surface area contributed by atoms with Gasteiger partial charge < -0.3 is 33.8 Å². The predicted molar refractivity (Wildman–Crippen MR) is 381 cm³/mol. The van der Waals surface area contributed by atoms with Crippen LogP contribution in [0.1, 0.15) is 349 Å². The van der Waals surface area contributed by atoms with Gasteiger partial charge >= 0.3 is 39.5 Å². The van der Waals surface area contributed by atoms with Gasteiger partial charge in [-0.3, -0.25) is 37.3 Å². The summed E-state index contributed by atoms with van der Waals surface area (Å²) >= 11 is 0. The Bertz CT molecular complexity index is 1980. The molecule has 0 rings (SSSR count). The second-order valence-corrected chi connectivity index (χ2v) is 28.5. The first-order chi connectivity index (χ1) is 45.7. The fraction of sp³-hybridized carbons (Fsp3) is 0.840. The molecule has 0 heterocycles. The zero-order valence-corrected chi connectivity index (χ0v) is 61.7. The van der Waals surface area contributed by atoms with Crippen LogP contribution in [0.25, 0.3) is 0 Å². The number of hydrogen-bond acceptors (Lipinski definition) is 15. The molecule has 94 heavy (non-hydrogen) atoms. The van der Waals surface area contributed by atoms with Gasteiger partial charge in [0.15, 0.2) is 12.2 Å².